The maximum Gasteiger partial charge on any atom is 0.215 e. The average molecular weight is 205 g/mol. The topological polar surface area (TPSA) is 46.5 Å². The van der Waals surface area contributed by atoms with Gasteiger partial charge in [0.15, 0.2) is 0 Å². The predicted octanol–water partition coefficient (Wildman–Crippen LogP) is 1.43. The SMILES string of the molecule is CC(C)SCC1=CN=CS1(=O)=O. The molecule has 1 heterocycles. The molecule has 0 spiro atoms. The number of sulfone groups is 1. The van der Waals surface area contributed by atoms with Crippen LogP contribution in [0.2, 0.25) is 0 Å². The molecule has 5 heteroatoms. The number of hydrogen-bond donors (Lipinski definition) is 0. The van der Waals surface area contributed by atoms with E-state index in [0.29, 0.717) is 15.9 Å². The Morgan fingerprint density at radius 2 is 2.25 bits per heavy atom. The number of nitrogens with zero attached hydrogens (tertiary/aromatic N) is 1. The van der Waals surface area contributed by atoms with Gasteiger partial charge in [0.05, 0.1) is 4.91 Å². The predicted molar refractivity (Wildman–Crippen MR) is 53.1 cm³/mol. The Hall–Kier alpha value is -0.290. The van der Waals surface area contributed by atoms with Crippen molar-refractivity contribution < 1.29 is 8.42 Å². The van der Waals surface area contributed by atoms with E-state index in [0.717, 1.165) is 5.55 Å². The van der Waals surface area contributed by atoms with Crippen LogP contribution in [0.3, 0.4) is 0 Å². The number of thioether (sulfide) groups is 1. The van der Waals surface area contributed by atoms with Crippen LogP contribution in [0, 0.1) is 0 Å². The third kappa shape index (κ3) is 2.35. The number of rotatable bonds is 3. The molecular weight excluding hydrogens is 194 g/mol. The smallest absolute Gasteiger partial charge is 0.215 e. The summed E-state index contributed by atoms with van der Waals surface area (Å²) in [4.78, 5) is 4.02. The van der Waals surface area contributed by atoms with Crippen molar-refractivity contribution in [1.82, 2.24) is 0 Å². The van der Waals surface area contributed by atoms with E-state index in [4.69, 9.17) is 0 Å². The first-order chi connectivity index (χ1) is 5.52. The average Bonchev–Trinajstić information content (AvgIpc) is 2.25. The fourth-order valence-corrected chi connectivity index (χ4v) is 2.70. The van der Waals surface area contributed by atoms with Gasteiger partial charge < -0.3 is 0 Å². The van der Waals surface area contributed by atoms with Crippen molar-refractivity contribution in [3.8, 4) is 0 Å². The van der Waals surface area contributed by atoms with Gasteiger partial charge in [0.1, 0.15) is 5.55 Å². The van der Waals surface area contributed by atoms with E-state index in [1.165, 1.54) is 6.20 Å². The van der Waals surface area contributed by atoms with Crippen LogP contribution in [0.4, 0.5) is 0 Å². The van der Waals surface area contributed by atoms with Crippen LogP contribution in [0.25, 0.3) is 0 Å². The molecule has 0 saturated carbocycles. The van der Waals surface area contributed by atoms with Crippen LogP contribution in [0.1, 0.15) is 13.8 Å². The lowest BCUT2D eigenvalue weighted by molar-refractivity contribution is 0.614. The number of hydrogen-bond acceptors (Lipinski definition) is 4. The van der Waals surface area contributed by atoms with Gasteiger partial charge in [-0.1, -0.05) is 13.8 Å². The number of aliphatic imine (C=N–C) groups is 1. The molecule has 0 N–H and O–H groups in total. The molecule has 0 bridgehead atoms. The van der Waals surface area contributed by atoms with Gasteiger partial charge in [-0.25, -0.2) is 8.42 Å². The van der Waals surface area contributed by atoms with E-state index in [1.54, 1.807) is 11.8 Å². The van der Waals surface area contributed by atoms with Gasteiger partial charge in [-0.2, -0.15) is 11.8 Å². The lowest BCUT2D eigenvalue weighted by Gasteiger charge is -2.03. The van der Waals surface area contributed by atoms with Crippen molar-refractivity contribution in [3.63, 3.8) is 0 Å². The molecule has 0 unspecified atom stereocenters. The van der Waals surface area contributed by atoms with Crippen LogP contribution in [0.15, 0.2) is 16.1 Å². The fourth-order valence-electron chi connectivity index (χ4n) is 0.703. The van der Waals surface area contributed by atoms with Gasteiger partial charge >= 0.3 is 0 Å². The van der Waals surface area contributed by atoms with E-state index >= 15 is 0 Å². The van der Waals surface area contributed by atoms with Gasteiger partial charge in [-0.3, -0.25) is 4.99 Å². The summed E-state index contributed by atoms with van der Waals surface area (Å²) in [5, 5.41) is 0.446. The Labute approximate surface area is 76.9 Å². The summed E-state index contributed by atoms with van der Waals surface area (Å²) in [6.07, 6.45) is 1.42. The second-order valence-corrected chi connectivity index (χ2v) is 6.14. The third-order valence-corrected chi connectivity index (χ3v) is 4.05. The summed E-state index contributed by atoms with van der Waals surface area (Å²) in [5.74, 6) is 0.528. The zero-order valence-electron chi connectivity index (χ0n) is 7.02. The molecule has 0 amide bonds. The molecule has 0 fully saturated rings. The van der Waals surface area contributed by atoms with Crippen LogP contribution in [-0.4, -0.2) is 25.0 Å². The molecule has 0 saturated heterocycles. The molecular formula is C7H11NO2S2. The zero-order chi connectivity index (χ0) is 9.19. The van der Waals surface area contributed by atoms with E-state index < -0.39 is 9.84 Å². The summed E-state index contributed by atoms with van der Waals surface area (Å²) < 4.78 is 22.3. The van der Waals surface area contributed by atoms with Crippen molar-refractivity contribution in [3.05, 3.63) is 11.1 Å². The third-order valence-electron chi connectivity index (χ3n) is 1.34. The molecule has 0 aliphatic carbocycles. The lowest BCUT2D eigenvalue weighted by atomic mass is 10.6. The highest BCUT2D eigenvalue weighted by Gasteiger charge is 2.19. The van der Waals surface area contributed by atoms with Crippen LogP contribution < -0.4 is 0 Å². The summed E-state index contributed by atoms with van der Waals surface area (Å²) in [6.45, 7) is 4.07. The monoisotopic (exact) mass is 205 g/mol. The highest BCUT2D eigenvalue weighted by atomic mass is 32.2. The molecule has 0 aromatic heterocycles. The maximum atomic E-state index is 11.1. The Bertz CT molecular complexity index is 314. The van der Waals surface area contributed by atoms with E-state index in [1.807, 2.05) is 13.8 Å². The first-order valence-electron chi connectivity index (χ1n) is 3.61. The van der Waals surface area contributed by atoms with Crippen LogP contribution in [0.5, 0.6) is 0 Å². The molecule has 0 radical (unpaired) electrons. The van der Waals surface area contributed by atoms with Crippen molar-refractivity contribution >= 4 is 27.1 Å². The minimum atomic E-state index is -3.13. The highest BCUT2D eigenvalue weighted by molar-refractivity contribution is 8.09. The molecule has 0 aromatic carbocycles. The first-order valence-corrected chi connectivity index (χ1v) is 6.21. The minimum Gasteiger partial charge on any atom is -0.251 e. The molecule has 68 valence electrons. The molecule has 0 aromatic rings. The quantitative estimate of drug-likeness (QED) is 0.700. The summed E-state index contributed by atoms with van der Waals surface area (Å²) in [5.41, 5.74) is 1.00. The van der Waals surface area contributed by atoms with Crippen molar-refractivity contribution in [2.75, 3.05) is 5.75 Å². The Balaban J connectivity index is 2.57. The molecule has 12 heavy (non-hydrogen) atoms. The van der Waals surface area contributed by atoms with E-state index in [2.05, 4.69) is 4.99 Å². The molecule has 3 nitrogen and oxygen atoms in total. The molecule has 0 atom stereocenters. The molecule has 1 aliphatic rings. The Morgan fingerprint density at radius 1 is 1.58 bits per heavy atom. The second-order valence-electron chi connectivity index (χ2n) is 2.75. The van der Waals surface area contributed by atoms with E-state index in [-0.39, 0.29) is 0 Å². The van der Waals surface area contributed by atoms with Crippen LogP contribution >= 0.6 is 11.8 Å². The van der Waals surface area contributed by atoms with Gasteiger partial charge in [-0.05, 0) is 5.25 Å². The molecule has 1 rings (SSSR count). The van der Waals surface area contributed by atoms with E-state index in [9.17, 15) is 8.42 Å². The zero-order valence-corrected chi connectivity index (χ0v) is 8.65. The van der Waals surface area contributed by atoms with Gasteiger partial charge in [0, 0.05) is 12.0 Å². The van der Waals surface area contributed by atoms with Crippen molar-refractivity contribution in [2.45, 2.75) is 19.1 Å². The fraction of sp³-hybridized carbons (Fsp3) is 0.571. The standard InChI is InChI=1S/C7H11NO2S2/c1-6(2)11-4-7-3-8-5-12(7,9)10/h3,5-6H,4H2,1-2H3. The largest absolute Gasteiger partial charge is 0.251 e. The second kappa shape index (κ2) is 3.62. The van der Waals surface area contributed by atoms with Gasteiger partial charge in [0.25, 0.3) is 0 Å². The van der Waals surface area contributed by atoms with Crippen molar-refractivity contribution in [2.24, 2.45) is 4.99 Å². The minimum absolute atomic E-state index is 0.418. The lowest BCUT2D eigenvalue weighted by Crippen LogP contribution is -2.04. The Kier molecular flexibility index (Phi) is 2.95. The summed E-state index contributed by atoms with van der Waals surface area (Å²) in [7, 11) is -3.13. The Morgan fingerprint density at radius 3 is 2.67 bits per heavy atom. The normalized spacial score (nSPS) is 20.1. The van der Waals surface area contributed by atoms with Gasteiger partial charge in [0.2, 0.25) is 9.84 Å². The van der Waals surface area contributed by atoms with Gasteiger partial charge in [-0.15, -0.1) is 0 Å². The first kappa shape index (κ1) is 9.80. The maximum absolute atomic E-state index is 11.1. The summed E-state index contributed by atoms with van der Waals surface area (Å²) in [6, 6.07) is 0. The molecule has 1 aliphatic heterocycles. The van der Waals surface area contributed by atoms with Crippen molar-refractivity contribution in [1.29, 1.82) is 0 Å². The highest BCUT2D eigenvalue weighted by Crippen LogP contribution is 2.20. The summed E-state index contributed by atoms with van der Waals surface area (Å²) >= 11 is 1.60. The van der Waals surface area contributed by atoms with Crippen LogP contribution in [-0.2, 0) is 9.84 Å².